The lowest BCUT2D eigenvalue weighted by atomic mass is 10.0. The molecular weight excluding hydrogens is 208 g/mol. The van der Waals surface area contributed by atoms with Crippen molar-refractivity contribution < 1.29 is 0 Å². The van der Waals surface area contributed by atoms with E-state index in [1.54, 1.807) is 0 Å². The third kappa shape index (κ3) is 1.87. The summed E-state index contributed by atoms with van der Waals surface area (Å²) in [7, 11) is 0. The number of nitrogens with one attached hydrogen (secondary N) is 1. The fourth-order valence-corrected chi connectivity index (χ4v) is 2.98. The van der Waals surface area contributed by atoms with Gasteiger partial charge in [-0.05, 0) is 43.8 Å². The van der Waals surface area contributed by atoms with Gasteiger partial charge in [-0.2, -0.15) is 0 Å². The maximum atomic E-state index is 3.65. The summed E-state index contributed by atoms with van der Waals surface area (Å²) in [5.74, 6) is 0. The molecule has 90 valence electrons. The lowest BCUT2D eigenvalue weighted by molar-refractivity contribution is 0.396. The summed E-state index contributed by atoms with van der Waals surface area (Å²) < 4.78 is 2.46. The van der Waals surface area contributed by atoms with Crippen LogP contribution < -0.4 is 5.32 Å². The molecule has 0 radical (unpaired) electrons. The van der Waals surface area contributed by atoms with Crippen molar-refractivity contribution in [2.24, 2.45) is 0 Å². The smallest absolute Gasteiger partial charge is 0.0482 e. The molecular formula is C15H20N2. The van der Waals surface area contributed by atoms with E-state index in [4.69, 9.17) is 0 Å². The molecule has 1 aromatic heterocycles. The van der Waals surface area contributed by atoms with Crippen LogP contribution in [0.2, 0.25) is 0 Å². The first-order chi connectivity index (χ1) is 8.40. The molecule has 0 amide bonds. The maximum absolute atomic E-state index is 3.65. The van der Waals surface area contributed by atoms with Gasteiger partial charge in [-0.15, -0.1) is 0 Å². The van der Waals surface area contributed by atoms with Crippen molar-refractivity contribution in [1.82, 2.24) is 9.88 Å². The summed E-state index contributed by atoms with van der Waals surface area (Å²) in [6, 6.07) is 11.6. The third-order valence-electron chi connectivity index (χ3n) is 3.83. The van der Waals surface area contributed by atoms with Crippen LogP contribution in [0.4, 0.5) is 0 Å². The van der Waals surface area contributed by atoms with Gasteiger partial charge in [0.15, 0.2) is 0 Å². The maximum Gasteiger partial charge on any atom is 0.0482 e. The van der Waals surface area contributed by atoms with E-state index in [2.05, 4.69) is 47.1 Å². The van der Waals surface area contributed by atoms with Crippen molar-refractivity contribution in [3.63, 3.8) is 0 Å². The van der Waals surface area contributed by atoms with Crippen LogP contribution in [0.25, 0.3) is 10.9 Å². The van der Waals surface area contributed by atoms with Gasteiger partial charge in [-0.25, -0.2) is 0 Å². The van der Waals surface area contributed by atoms with Crippen LogP contribution in [0.15, 0.2) is 30.3 Å². The van der Waals surface area contributed by atoms with Gasteiger partial charge in [0.2, 0.25) is 0 Å². The summed E-state index contributed by atoms with van der Waals surface area (Å²) in [5.41, 5.74) is 2.84. The molecule has 2 heteroatoms. The number of aromatic nitrogens is 1. The third-order valence-corrected chi connectivity index (χ3v) is 3.83. The minimum Gasteiger partial charge on any atom is -0.343 e. The van der Waals surface area contributed by atoms with Crippen molar-refractivity contribution in [1.29, 1.82) is 0 Å². The van der Waals surface area contributed by atoms with E-state index >= 15 is 0 Å². The Labute approximate surface area is 103 Å². The van der Waals surface area contributed by atoms with Gasteiger partial charge in [0.25, 0.3) is 0 Å². The first kappa shape index (κ1) is 10.8. The highest BCUT2D eigenvalue weighted by Crippen LogP contribution is 2.28. The minimum absolute atomic E-state index is 0.552. The summed E-state index contributed by atoms with van der Waals surface area (Å²) in [6.45, 7) is 4.45. The normalized spacial score (nSPS) is 20.9. The number of nitrogens with zero attached hydrogens (tertiary/aromatic N) is 1. The molecule has 1 fully saturated rings. The zero-order chi connectivity index (χ0) is 11.7. The van der Waals surface area contributed by atoms with E-state index in [1.807, 2.05) is 0 Å². The largest absolute Gasteiger partial charge is 0.343 e. The van der Waals surface area contributed by atoms with Crippen LogP contribution in [0, 0.1) is 0 Å². The van der Waals surface area contributed by atoms with Gasteiger partial charge >= 0.3 is 0 Å². The average molecular weight is 228 g/mol. The number of hydrogen-bond acceptors (Lipinski definition) is 1. The number of benzene rings is 1. The van der Waals surface area contributed by atoms with Crippen molar-refractivity contribution in [3.8, 4) is 0 Å². The fourth-order valence-electron chi connectivity index (χ4n) is 2.98. The number of para-hydroxylation sites is 1. The molecule has 1 aliphatic heterocycles. The quantitative estimate of drug-likeness (QED) is 0.832. The second-order valence-electron chi connectivity index (χ2n) is 4.87. The van der Waals surface area contributed by atoms with Gasteiger partial charge in [0.1, 0.15) is 0 Å². The van der Waals surface area contributed by atoms with Gasteiger partial charge in [-0.1, -0.05) is 24.6 Å². The Morgan fingerprint density at radius 1 is 1.29 bits per heavy atom. The molecule has 2 heterocycles. The second-order valence-corrected chi connectivity index (χ2v) is 4.87. The molecule has 17 heavy (non-hydrogen) atoms. The van der Waals surface area contributed by atoms with Crippen molar-refractivity contribution >= 4 is 10.9 Å². The molecule has 1 saturated heterocycles. The molecule has 0 spiro atoms. The lowest BCUT2D eigenvalue weighted by Gasteiger charge is -2.24. The van der Waals surface area contributed by atoms with Crippen molar-refractivity contribution in [2.45, 2.75) is 38.8 Å². The minimum atomic E-state index is 0.552. The van der Waals surface area contributed by atoms with Crippen LogP contribution in [-0.4, -0.2) is 11.1 Å². The summed E-state index contributed by atoms with van der Waals surface area (Å²) >= 11 is 0. The molecule has 2 nitrogen and oxygen atoms in total. The zero-order valence-corrected chi connectivity index (χ0v) is 10.4. The van der Waals surface area contributed by atoms with Crippen LogP contribution in [0.5, 0.6) is 0 Å². The summed E-state index contributed by atoms with van der Waals surface area (Å²) in [6.07, 6.45) is 3.95. The number of rotatable bonds is 2. The molecule has 0 saturated carbocycles. The Kier molecular flexibility index (Phi) is 2.89. The Hall–Kier alpha value is -1.28. The highest BCUT2D eigenvalue weighted by atomic mass is 15.0. The van der Waals surface area contributed by atoms with E-state index in [9.17, 15) is 0 Å². The first-order valence-electron chi connectivity index (χ1n) is 6.71. The van der Waals surface area contributed by atoms with Crippen LogP contribution in [-0.2, 0) is 6.54 Å². The molecule has 1 atom stereocenters. The van der Waals surface area contributed by atoms with Crippen LogP contribution >= 0.6 is 0 Å². The topological polar surface area (TPSA) is 17.0 Å². The monoisotopic (exact) mass is 228 g/mol. The molecule has 1 aliphatic rings. The number of piperidine rings is 1. The molecule has 1 unspecified atom stereocenters. The molecule has 3 rings (SSSR count). The number of fused-ring (bicyclic) bond motifs is 1. The molecule has 2 aromatic rings. The van der Waals surface area contributed by atoms with Gasteiger partial charge in [0.05, 0.1) is 0 Å². The summed E-state index contributed by atoms with van der Waals surface area (Å²) in [4.78, 5) is 0. The van der Waals surface area contributed by atoms with Gasteiger partial charge < -0.3 is 9.88 Å². The Balaban J connectivity index is 2.08. The molecule has 0 aliphatic carbocycles. The van der Waals surface area contributed by atoms with E-state index in [1.165, 1.54) is 35.9 Å². The second kappa shape index (κ2) is 4.53. The summed E-state index contributed by atoms with van der Waals surface area (Å²) in [5, 5.41) is 5.02. The molecule has 0 bridgehead atoms. The first-order valence-corrected chi connectivity index (χ1v) is 6.71. The number of aryl methyl sites for hydroxylation is 1. The zero-order valence-electron chi connectivity index (χ0n) is 10.4. The highest BCUT2D eigenvalue weighted by Gasteiger charge is 2.19. The predicted octanol–water partition coefficient (Wildman–Crippen LogP) is 3.48. The standard InChI is InChI=1S/C15H20N2/c1-2-17-14-9-4-3-7-12(14)11-15(17)13-8-5-6-10-16-13/h3-4,7,9,11,13,16H,2,5-6,8,10H2,1H3. The molecule has 1 aromatic carbocycles. The lowest BCUT2D eigenvalue weighted by Crippen LogP contribution is -2.28. The fraction of sp³-hybridized carbons (Fsp3) is 0.467. The Morgan fingerprint density at radius 3 is 2.94 bits per heavy atom. The van der Waals surface area contributed by atoms with E-state index < -0.39 is 0 Å². The average Bonchev–Trinajstić information content (AvgIpc) is 2.78. The van der Waals surface area contributed by atoms with Crippen LogP contribution in [0.1, 0.15) is 37.9 Å². The van der Waals surface area contributed by atoms with Crippen LogP contribution in [0.3, 0.4) is 0 Å². The van der Waals surface area contributed by atoms with E-state index in [-0.39, 0.29) is 0 Å². The number of hydrogen-bond donors (Lipinski definition) is 1. The van der Waals surface area contributed by atoms with Crippen molar-refractivity contribution in [3.05, 3.63) is 36.0 Å². The van der Waals surface area contributed by atoms with E-state index in [0.29, 0.717) is 6.04 Å². The van der Waals surface area contributed by atoms with E-state index in [0.717, 1.165) is 13.1 Å². The SMILES string of the molecule is CCn1c(C2CCCCN2)cc2ccccc21. The Bertz CT molecular complexity index is 507. The van der Waals surface area contributed by atoms with Gasteiger partial charge in [-0.3, -0.25) is 0 Å². The predicted molar refractivity (Wildman–Crippen MR) is 72.2 cm³/mol. The van der Waals surface area contributed by atoms with Gasteiger partial charge in [0, 0.05) is 23.8 Å². The van der Waals surface area contributed by atoms with Crippen molar-refractivity contribution in [2.75, 3.05) is 6.54 Å². The highest BCUT2D eigenvalue weighted by molar-refractivity contribution is 5.81. The Morgan fingerprint density at radius 2 is 2.18 bits per heavy atom. The molecule has 1 N–H and O–H groups in total.